The standard InChI is InChI=1S/C39H53ClF3N5O9S/c1-8-10-22(4)17-23(5)31(45-36(52)57-37(6,7)39(41,42)43)34(50)48-20-24(56-33-26-11-9-12-28(40)27(26)19-30(44-33)55-21(2)3)18-29(48)32(49)46-38(15-16-38)35(51)47-58(53,54)25-13-14-25/h9,11-12,19,21-25,29,31H,8,10,13-18,20H2,1-7H3,(H,45,52)(H,46,49)(H,47,51). The normalized spacial score (nSPS) is 20.9. The van der Waals surface area contributed by atoms with Crippen molar-refractivity contribution in [2.45, 2.75) is 147 Å². The number of hydrogen-bond acceptors (Lipinski definition) is 10. The topological polar surface area (TPSA) is 182 Å². The fourth-order valence-electron chi connectivity index (χ4n) is 7.11. The van der Waals surface area contributed by atoms with Crippen LogP contribution in [0.3, 0.4) is 0 Å². The Morgan fingerprint density at radius 3 is 2.33 bits per heavy atom. The quantitative estimate of drug-likeness (QED) is 0.166. The maximum Gasteiger partial charge on any atom is 0.427 e. The van der Waals surface area contributed by atoms with E-state index < -0.39 is 80.5 Å². The zero-order valence-electron chi connectivity index (χ0n) is 33.7. The minimum absolute atomic E-state index is 0.0557. The monoisotopic (exact) mass is 859 g/mol. The number of carbonyl (C=O) groups is 4. The van der Waals surface area contributed by atoms with Gasteiger partial charge in [-0.3, -0.25) is 19.1 Å². The molecule has 0 radical (unpaired) electrons. The van der Waals surface area contributed by atoms with E-state index in [1.807, 2.05) is 27.7 Å². The van der Waals surface area contributed by atoms with E-state index in [0.29, 0.717) is 48.9 Å². The van der Waals surface area contributed by atoms with Gasteiger partial charge in [0.1, 0.15) is 23.7 Å². The van der Waals surface area contributed by atoms with Crippen molar-refractivity contribution >= 4 is 56.2 Å². The van der Waals surface area contributed by atoms with E-state index in [4.69, 9.17) is 25.8 Å². The van der Waals surface area contributed by atoms with Gasteiger partial charge in [-0.05, 0) is 83.8 Å². The molecule has 1 saturated heterocycles. The van der Waals surface area contributed by atoms with Crippen molar-refractivity contribution in [3.8, 4) is 11.8 Å². The fraction of sp³-hybridized carbons (Fsp3) is 0.667. The lowest BCUT2D eigenvalue weighted by molar-refractivity contribution is -0.244. The van der Waals surface area contributed by atoms with E-state index in [0.717, 1.165) is 12.8 Å². The predicted octanol–water partition coefficient (Wildman–Crippen LogP) is 6.18. The molecule has 2 aromatic rings. The van der Waals surface area contributed by atoms with Gasteiger partial charge in [0.2, 0.25) is 39.2 Å². The first-order valence-corrected chi connectivity index (χ1v) is 21.6. The molecular formula is C39H53ClF3N5O9S. The molecule has 4 amide bonds. The van der Waals surface area contributed by atoms with Crippen molar-refractivity contribution in [3.05, 3.63) is 29.3 Å². The van der Waals surface area contributed by atoms with E-state index >= 15 is 0 Å². The molecule has 3 aliphatic rings. The number of likely N-dealkylation sites (tertiary alicyclic amines) is 1. The van der Waals surface area contributed by atoms with Crippen molar-refractivity contribution in [1.29, 1.82) is 0 Å². The zero-order chi connectivity index (χ0) is 43.0. The molecule has 14 nitrogen and oxygen atoms in total. The van der Waals surface area contributed by atoms with Gasteiger partial charge in [-0.2, -0.15) is 18.2 Å². The number of benzene rings is 1. The number of ether oxygens (including phenoxy) is 3. The number of carbonyl (C=O) groups excluding carboxylic acids is 4. The molecule has 1 aromatic carbocycles. The highest BCUT2D eigenvalue weighted by Crippen LogP contribution is 2.39. The van der Waals surface area contributed by atoms with Crippen molar-refractivity contribution in [2.75, 3.05) is 6.54 Å². The molecule has 19 heteroatoms. The summed E-state index contributed by atoms with van der Waals surface area (Å²) in [7, 11) is -3.94. The Bertz CT molecular complexity index is 1990. The summed E-state index contributed by atoms with van der Waals surface area (Å²) < 4.78 is 85.6. The van der Waals surface area contributed by atoms with E-state index in [1.54, 1.807) is 31.2 Å². The highest BCUT2D eigenvalue weighted by atomic mass is 35.5. The van der Waals surface area contributed by atoms with Gasteiger partial charge in [-0.1, -0.05) is 51.3 Å². The van der Waals surface area contributed by atoms with Gasteiger partial charge in [-0.25, -0.2) is 13.2 Å². The molecule has 5 unspecified atom stereocenters. The van der Waals surface area contributed by atoms with Crippen LogP contribution < -0.4 is 24.8 Å². The molecule has 2 saturated carbocycles. The van der Waals surface area contributed by atoms with E-state index in [-0.39, 0.29) is 49.6 Å². The summed E-state index contributed by atoms with van der Waals surface area (Å²) in [5.74, 6) is -2.78. The number of rotatable bonds is 17. The Balaban J connectivity index is 1.48. The molecule has 2 heterocycles. The first-order chi connectivity index (χ1) is 27.0. The Hall–Kier alpha value is -4.06. The van der Waals surface area contributed by atoms with Gasteiger partial charge in [0.25, 0.3) is 5.91 Å². The molecule has 1 aromatic heterocycles. The molecule has 5 atom stereocenters. The van der Waals surface area contributed by atoms with Crippen LogP contribution in [0.4, 0.5) is 18.0 Å². The third-order valence-corrected chi connectivity index (χ3v) is 12.8. The van der Waals surface area contributed by atoms with Crippen LogP contribution in [-0.2, 0) is 29.1 Å². The number of amides is 4. The summed E-state index contributed by atoms with van der Waals surface area (Å²) in [4.78, 5) is 61.1. The van der Waals surface area contributed by atoms with E-state index in [9.17, 15) is 40.8 Å². The summed E-state index contributed by atoms with van der Waals surface area (Å²) in [6, 6.07) is 3.98. The first kappa shape index (κ1) is 45.0. The average Bonchev–Trinajstić information content (AvgIpc) is 4.04. The number of pyridine rings is 1. The van der Waals surface area contributed by atoms with Crippen LogP contribution >= 0.6 is 11.6 Å². The number of aromatic nitrogens is 1. The molecule has 5 rings (SSSR count). The third kappa shape index (κ3) is 10.6. The molecule has 2 aliphatic carbocycles. The van der Waals surface area contributed by atoms with Crippen molar-refractivity contribution in [3.63, 3.8) is 0 Å². The van der Waals surface area contributed by atoms with Gasteiger partial charge < -0.3 is 29.7 Å². The fourth-order valence-corrected chi connectivity index (χ4v) is 8.71. The van der Waals surface area contributed by atoms with Gasteiger partial charge >= 0.3 is 12.3 Å². The summed E-state index contributed by atoms with van der Waals surface area (Å²) in [5, 5.41) is 5.82. The van der Waals surface area contributed by atoms with Crippen molar-refractivity contribution in [1.82, 2.24) is 25.2 Å². The largest absolute Gasteiger partial charge is 0.475 e. The van der Waals surface area contributed by atoms with Crippen LogP contribution in [0.15, 0.2) is 24.3 Å². The number of nitrogens with one attached hydrogen (secondary N) is 3. The summed E-state index contributed by atoms with van der Waals surface area (Å²) in [5.41, 5.74) is -4.44. The molecular weight excluding hydrogens is 807 g/mol. The molecule has 322 valence electrons. The Morgan fingerprint density at radius 1 is 1.07 bits per heavy atom. The molecule has 0 bridgehead atoms. The number of halogens is 4. The second-order valence-corrected chi connectivity index (χ2v) is 19.0. The van der Waals surface area contributed by atoms with Crippen LogP contribution in [-0.4, -0.2) is 95.5 Å². The lowest BCUT2D eigenvalue weighted by atomic mass is 9.88. The van der Waals surface area contributed by atoms with E-state index in [2.05, 4.69) is 20.3 Å². The Labute approximate surface area is 341 Å². The van der Waals surface area contributed by atoms with Crippen LogP contribution in [0.5, 0.6) is 11.8 Å². The first-order valence-electron chi connectivity index (χ1n) is 19.6. The van der Waals surface area contributed by atoms with Crippen LogP contribution in [0.1, 0.15) is 99.8 Å². The number of fused-ring (bicyclic) bond motifs is 1. The second kappa shape index (κ2) is 17.3. The SMILES string of the molecule is CCCC(C)CC(C)C(NC(=O)OC(C)(C)C(F)(F)F)C(=O)N1CC(Oc2nc(OC(C)C)cc3c(Cl)cccc23)CC1C(=O)NC1(C(=O)NS(=O)(=O)C2CC2)CC1. The van der Waals surface area contributed by atoms with Crippen molar-refractivity contribution < 1.29 is 55.0 Å². The van der Waals surface area contributed by atoms with Crippen LogP contribution in [0, 0.1) is 11.8 Å². The molecule has 58 heavy (non-hydrogen) atoms. The number of alkyl halides is 3. The van der Waals surface area contributed by atoms with Gasteiger partial charge in [0.15, 0.2) is 0 Å². The lowest BCUT2D eigenvalue weighted by Gasteiger charge is -2.34. The lowest BCUT2D eigenvalue weighted by Crippen LogP contribution is -2.59. The minimum Gasteiger partial charge on any atom is -0.475 e. The molecule has 3 N–H and O–H groups in total. The molecule has 0 spiro atoms. The van der Waals surface area contributed by atoms with Gasteiger partial charge in [0.05, 0.1) is 17.9 Å². The van der Waals surface area contributed by atoms with E-state index in [1.165, 1.54) is 4.90 Å². The maximum absolute atomic E-state index is 14.7. The number of hydrogen-bond donors (Lipinski definition) is 3. The Kier molecular flexibility index (Phi) is 13.4. The van der Waals surface area contributed by atoms with Crippen LogP contribution in [0.25, 0.3) is 10.8 Å². The molecule has 3 fully saturated rings. The number of sulfonamides is 1. The average molecular weight is 860 g/mol. The minimum atomic E-state index is -4.92. The number of alkyl carbamates (subject to hydrolysis) is 1. The third-order valence-electron chi connectivity index (χ3n) is 10.7. The van der Waals surface area contributed by atoms with Gasteiger partial charge in [-0.15, -0.1) is 0 Å². The zero-order valence-corrected chi connectivity index (χ0v) is 35.3. The predicted molar refractivity (Wildman–Crippen MR) is 209 cm³/mol. The summed E-state index contributed by atoms with van der Waals surface area (Å²) in [6.07, 6.45) is -4.65. The van der Waals surface area contributed by atoms with Crippen molar-refractivity contribution in [2.24, 2.45) is 11.8 Å². The van der Waals surface area contributed by atoms with Gasteiger partial charge in [0, 0.05) is 28.3 Å². The Morgan fingerprint density at radius 2 is 1.74 bits per heavy atom. The maximum atomic E-state index is 14.7. The number of nitrogens with zero attached hydrogens (tertiary/aromatic N) is 2. The second-order valence-electron chi connectivity index (χ2n) is 16.6. The smallest absolute Gasteiger partial charge is 0.427 e. The molecule has 1 aliphatic heterocycles. The summed E-state index contributed by atoms with van der Waals surface area (Å²) in [6.45, 7) is 10.4. The highest BCUT2D eigenvalue weighted by Gasteiger charge is 2.56. The van der Waals surface area contributed by atoms with Crippen LogP contribution in [0.2, 0.25) is 5.02 Å². The highest BCUT2D eigenvalue weighted by molar-refractivity contribution is 7.91. The summed E-state index contributed by atoms with van der Waals surface area (Å²) >= 11 is 6.54.